The Morgan fingerprint density at radius 1 is 1.03 bits per heavy atom. The van der Waals surface area contributed by atoms with Gasteiger partial charge >= 0.3 is 24.3 Å². The van der Waals surface area contributed by atoms with Crippen LogP contribution in [0.4, 0.5) is 32.2 Å². The molecule has 2 heterocycles. The van der Waals surface area contributed by atoms with Crippen LogP contribution in [0.2, 0.25) is 0 Å². The number of aliphatic carboxylic acids is 2. The van der Waals surface area contributed by atoms with Crippen LogP contribution in [0.3, 0.4) is 0 Å². The van der Waals surface area contributed by atoms with E-state index in [1.54, 1.807) is 0 Å². The van der Waals surface area contributed by atoms with Crippen molar-refractivity contribution in [1.82, 2.24) is 15.2 Å². The second-order valence-corrected chi connectivity index (χ2v) is 9.33. The zero-order valence-corrected chi connectivity index (χ0v) is 21.2. The number of carbonyl (C=O) groups is 3. The summed E-state index contributed by atoms with van der Waals surface area (Å²) in [5.74, 6) is -3.55. The van der Waals surface area contributed by atoms with E-state index in [0.717, 1.165) is 50.5 Å². The predicted molar refractivity (Wildman–Crippen MR) is 125 cm³/mol. The van der Waals surface area contributed by atoms with Crippen LogP contribution >= 0.6 is 0 Å². The zero-order chi connectivity index (χ0) is 29.3. The number of nitrogens with zero attached hydrogens (tertiary/aromatic N) is 2. The molecule has 0 saturated heterocycles. The van der Waals surface area contributed by atoms with Crippen molar-refractivity contribution in [3.8, 4) is 0 Å². The molecule has 1 aliphatic carbocycles. The molecule has 15 heteroatoms. The summed E-state index contributed by atoms with van der Waals surface area (Å²) in [6.45, 7) is 8.00. The minimum Gasteiger partial charge on any atom is -0.475 e. The summed E-state index contributed by atoms with van der Waals surface area (Å²) in [5, 5.41) is 20.7. The highest BCUT2D eigenvalue weighted by atomic mass is 19.4. The van der Waals surface area contributed by atoms with Crippen LogP contribution in [0, 0.1) is 11.8 Å². The lowest BCUT2D eigenvalue weighted by Crippen LogP contribution is -2.27. The number of carboxylic acids is 2. The number of carbonyl (C=O) groups excluding carboxylic acids is 1. The van der Waals surface area contributed by atoms with E-state index in [0.29, 0.717) is 17.4 Å². The van der Waals surface area contributed by atoms with E-state index in [1.807, 2.05) is 0 Å². The Hall–Kier alpha value is -3.10. The maximum Gasteiger partial charge on any atom is 0.490 e. The Kier molecular flexibility index (Phi) is 12.3. The van der Waals surface area contributed by atoms with Gasteiger partial charge in [-0.3, -0.25) is 4.79 Å². The molecule has 1 aromatic rings. The fourth-order valence-corrected chi connectivity index (χ4v) is 3.01. The van der Waals surface area contributed by atoms with Crippen LogP contribution in [0.5, 0.6) is 0 Å². The fourth-order valence-electron chi connectivity index (χ4n) is 3.01. The maximum atomic E-state index is 12.7. The van der Waals surface area contributed by atoms with Gasteiger partial charge in [0.25, 0.3) is 5.91 Å². The molecular weight excluding hydrogens is 526 g/mol. The van der Waals surface area contributed by atoms with Gasteiger partial charge < -0.3 is 25.7 Å². The van der Waals surface area contributed by atoms with E-state index in [1.165, 1.54) is 18.4 Å². The topological polar surface area (TPSA) is 132 Å². The molecule has 9 nitrogen and oxygen atoms in total. The number of hydrogen-bond acceptors (Lipinski definition) is 6. The summed E-state index contributed by atoms with van der Waals surface area (Å²) < 4.78 is 63.5. The predicted octanol–water partition coefficient (Wildman–Crippen LogP) is 3.59. The molecule has 2 aliphatic rings. The van der Waals surface area contributed by atoms with Gasteiger partial charge in [0, 0.05) is 38.3 Å². The third-order valence-corrected chi connectivity index (χ3v) is 5.34. The Balaban J connectivity index is 0.000000426. The number of carboxylic acid groups (broad SMARTS) is 2. The second kappa shape index (κ2) is 14.2. The van der Waals surface area contributed by atoms with Crippen LogP contribution in [0.1, 0.15) is 48.3 Å². The second-order valence-electron chi connectivity index (χ2n) is 9.33. The fraction of sp³-hybridized carbons (Fsp3) is 0.652. The number of rotatable bonds is 6. The van der Waals surface area contributed by atoms with Gasteiger partial charge in [-0.25, -0.2) is 14.6 Å². The van der Waals surface area contributed by atoms with Gasteiger partial charge in [0.2, 0.25) is 0 Å². The lowest BCUT2D eigenvalue weighted by molar-refractivity contribution is -0.193. The average Bonchev–Trinajstić information content (AvgIpc) is 3.63. The Morgan fingerprint density at radius 2 is 1.53 bits per heavy atom. The van der Waals surface area contributed by atoms with Gasteiger partial charge in [-0.1, -0.05) is 13.8 Å². The van der Waals surface area contributed by atoms with E-state index in [-0.39, 0.29) is 5.91 Å². The molecule has 0 unspecified atom stereocenters. The van der Waals surface area contributed by atoms with E-state index in [9.17, 15) is 31.1 Å². The number of likely N-dealkylation sites (N-methyl/N-ethyl adjacent to an activating group) is 1. The number of aromatic nitrogens is 1. The largest absolute Gasteiger partial charge is 0.490 e. The lowest BCUT2D eigenvalue weighted by atomic mass is 10.0. The summed E-state index contributed by atoms with van der Waals surface area (Å²) in [5.41, 5.74) is 3.08. The van der Waals surface area contributed by atoms with Crippen molar-refractivity contribution in [2.75, 3.05) is 38.5 Å². The molecule has 4 N–H and O–H groups in total. The molecule has 1 aliphatic heterocycles. The summed E-state index contributed by atoms with van der Waals surface area (Å²) in [7, 11) is 2.15. The van der Waals surface area contributed by atoms with Gasteiger partial charge in [-0.15, -0.1) is 0 Å². The minimum atomic E-state index is -5.08. The molecule has 1 fully saturated rings. The van der Waals surface area contributed by atoms with Crippen LogP contribution in [-0.4, -0.2) is 83.5 Å². The van der Waals surface area contributed by atoms with Gasteiger partial charge in [-0.05, 0) is 49.8 Å². The number of alkyl halides is 6. The molecule has 1 saturated carbocycles. The number of hydrogen-bond donors (Lipinski definition) is 4. The van der Waals surface area contributed by atoms with Crippen molar-refractivity contribution in [2.24, 2.45) is 11.8 Å². The summed E-state index contributed by atoms with van der Waals surface area (Å²) >= 11 is 0. The standard InChI is InChI=1S/C19H30N4O.2C2HF3O2/c1-13(2)11-20-18-16(19(24)21-12-14-4-5-14)10-15-6-8-23(3)9-7-17(15)22-18;2*3-2(4,5)1(6)7/h10,13-14H,4-9,11-12H2,1-3H3,(H,20,22)(H,21,24);2*(H,6,7). The Bertz CT molecular complexity index is 941. The van der Waals surface area contributed by atoms with Gasteiger partial charge in [0.05, 0.1) is 5.56 Å². The quantitative estimate of drug-likeness (QED) is 0.390. The molecular formula is C23H32F6N4O5. The van der Waals surface area contributed by atoms with Crippen molar-refractivity contribution in [2.45, 2.75) is 51.9 Å². The summed E-state index contributed by atoms with van der Waals surface area (Å²) in [6, 6.07) is 2.08. The monoisotopic (exact) mass is 558 g/mol. The third-order valence-electron chi connectivity index (χ3n) is 5.34. The first-order valence-corrected chi connectivity index (χ1v) is 11.7. The lowest BCUT2D eigenvalue weighted by Gasteiger charge is -2.16. The first kappa shape index (κ1) is 32.9. The first-order valence-electron chi connectivity index (χ1n) is 11.7. The van der Waals surface area contributed by atoms with Crippen molar-refractivity contribution >= 4 is 23.7 Å². The minimum absolute atomic E-state index is 0.0149. The van der Waals surface area contributed by atoms with E-state index in [4.69, 9.17) is 24.8 Å². The molecule has 0 aromatic carbocycles. The number of nitrogens with one attached hydrogen (secondary N) is 2. The number of fused-ring (bicyclic) bond motifs is 1. The number of anilines is 1. The molecule has 0 bridgehead atoms. The highest BCUT2D eigenvalue weighted by molar-refractivity contribution is 5.99. The van der Waals surface area contributed by atoms with Gasteiger partial charge in [0.1, 0.15) is 5.82 Å². The van der Waals surface area contributed by atoms with Crippen molar-refractivity contribution in [3.63, 3.8) is 0 Å². The number of halogens is 6. The third kappa shape index (κ3) is 12.4. The molecule has 0 spiro atoms. The van der Waals surface area contributed by atoms with Gasteiger partial charge in [-0.2, -0.15) is 26.3 Å². The molecule has 1 aromatic heterocycles. The van der Waals surface area contributed by atoms with Gasteiger partial charge in [0.15, 0.2) is 0 Å². The molecule has 1 amide bonds. The Morgan fingerprint density at radius 3 is 1.97 bits per heavy atom. The number of amides is 1. The summed E-state index contributed by atoms with van der Waals surface area (Å²) in [4.78, 5) is 37.6. The van der Waals surface area contributed by atoms with Crippen LogP contribution < -0.4 is 10.6 Å². The van der Waals surface area contributed by atoms with E-state index >= 15 is 0 Å². The zero-order valence-electron chi connectivity index (χ0n) is 21.2. The van der Waals surface area contributed by atoms with Crippen molar-refractivity contribution in [1.29, 1.82) is 0 Å². The maximum absolute atomic E-state index is 12.7. The molecule has 216 valence electrons. The van der Waals surface area contributed by atoms with Crippen LogP contribution in [-0.2, 0) is 22.4 Å². The first-order chi connectivity index (χ1) is 17.4. The summed E-state index contributed by atoms with van der Waals surface area (Å²) in [6.07, 6.45) is -5.76. The van der Waals surface area contributed by atoms with E-state index < -0.39 is 24.3 Å². The number of pyridine rings is 1. The van der Waals surface area contributed by atoms with Crippen molar-refractivity contribution in [3.05, 3.63) is 22.9 Å². The Labute approximate surface area is 215 Å². The SMILES string of the molecule is CC(C)CNc1nc2c(cc1C(=O)NCC1CC1)CCN(C)CC2.O=C(O)C(F)(F)F.O=C(O)C(F)(F)F. The smallest absolute Gasteiger partial charge is 0.475 e. The molecule has 3 rings (SSSR count). The van der Waals surface area contributed by atoms with E-state index in [2.05, 4.69) is 42.5 Å². The molecule has 38 heavy (non-hydrogen) atoms. The molecule has 0 atom stereocenters. The van der Waals surface area contributed by atoms with Crippen LogP contribution in [0.15, 0.2) is 6.07 Å². The molecule has 0 radical (unpaired) electrons. The van der Waals surface area contributed by atoms with Crippen molar-refractivity contribution < 1.29 is 50.9 Å². The highest BCUT2D eigenvalue weighted by Gasteiger charge is 2.38. The highest BCUT2D eigenvalue weighted by Crippen LogP contribution is 2.28. The average molecular weight is 559 g/mol. The van der Waals surface area contributed by atoms with Crippen LogP contribution in [0.25, 0.3) is 0 Å². The normalized spacial score (nSPS) is 15.6.